The number of aromatic carboxylic acids is 1. The summed E-state index contributed by atoms with van der Waals surface area (Å²) in [6, 6.07) is 6.25. The third kappa shape index (κ3) is 2.82. The summed E-state index contributed by atoms with van der Waals surface area (Å²) in [6.45, 7) is 3.16. The second kappa shape index (κ2) is 5.48. The summed E-state index contributed by atoms with van der Waals surface area (Å²) in [4.78, 5) is 23.3. The lowest BCUT2D eigenvalue weighted by Crippen LogP contribution is -2.02. The number of carboxylic acid groups (broad SMARTS) is 1. The normalized spacial score (nSPS) is 14.1. The van der Waals surface area contributed by atoms with Crippen molar-refractivity contribution >= 4 is 40.3 Å². The van der Waals surface area contributed by atoms with Crippen molar-refractivity contribution < 1.29 is 23.8 Å². The molecule has 0 spiro atoms. The molecule has 1 aromatic carbocycles. The Kier molecular flexibility index (Phi) is 4.09. The molecule has 7 heteroatoms. The number of carbonyl (C=O) groups excluding carboxylic acids is 1. The topological polar surface area (TPSA) is 80.7 Å². The highest BCUT2D eigenvalue weighted by Gasteiger charge is 2.28. The molecule has 0 saturated carbocycles. The zero-order chi connectivity index (χ0) is 14.9. The molecule has 2 aromatic rings. The molecule has 1 N–H and O–H groups in total. The zero-order valence-electron chi connectivity index (χ0n) is 11.0. The van der Waals surface area contributed by atoms with Gasteiger partial charge in [0.15, 0.2) is 0 Å². The van der Waals surface area contributed by atoms with Gasteiger partial charge in [-0.2, -0.15) is 0 Å². The Morgan fingerprint density at radius 3 is 2.65 bits per heavy atom. The standard InChI is InChI=1S/C13H13O5PS/c1-3-18-19(2,17)13(16)8-4-5-10-9(6-8)7-11(20-10)12(14)15/h4-7H,3H2,1-2H3,(H,14,15). The molecule has 106 valence electrons. The molecule has 0 bridgehead atoms. The van der Waals surface area contributed by atoms with Crippen LogP contribution in [0.5, 0.6) is 0 Å². The molecular weight excluding hydrogens is 299 g/mol. The van der Waals surface area contributed by atoms with Crippen LogP contribution in [-0.2, 0) is 9.09 Å². The van der Waals surface area contributed by atoms with Gasteiger partial charge in [0.2, 0.25) is 5.52 Å². The van der Waals surface area contributed by atoms with E-state index in [0.29, 0.717) is 5.39 Å². The van der Waals surface area contributed by atoms with Crippen LogP contribution in [0.3, 0.4) is 0 Å². The van der Waals surface area contributed by atoms with Gasteiger partial charge in [0.25, 0.3) is 7.37 Å². The number of hydrogen-bond acceptors (Lipinski definition) is 5. The lowest BCUT2D eigenvalue weighted by molar-refractivity contribution is 0.0702. The Morgan fingerprint density at radius 2 is 2.05 bits per heavy atom. The number of fused-ring (bicyclic) bond motifs is 1. The Balaban J connectivity index is 2.44. The van der Waals surface area contributed by atoms with Gasteiger partial charge in [-0.25, -0.2) is 4.79 Å². The third-order valence-corrected chi connectivity index (χ3v) is 5.57. The number of rotatable bonds is 5. The first-order valence-corrected chi connectivity index (χ1v) is 8.78. The average molecular weight is 312 g/mol. The van der Waals surface area contributed by atoms with Crippen LogP contribution in [0.2, 0.25) is 0 Å². The molecule has 0 aliphatic heterocycles. The van der Waals surface area contributed by atoms with E-state index >= 15 is 0 Å². The molecule has 0 aliphatic rings. The Labute approximate surface area is 119 Å². The van der Waals surface area contributed by atoms with Crippen LogP contribution in [0.25, 0.3) is 10.1 Å². The minimum Gasteiger partial charge on any atom is -0.477 e. The molecule has 5 nitrogen and oxygen atoms in total. The van der Waals surface area contributed by atoms with Crippen molar-refractivity contribution in [3.8, 4) is 0 Å². The van der Waals surface area contributed by atoms with Crippen molar-refractivity contribution in [3.05, 3.63) is 34.7 Å². The maximum atomic E-state index is 12.1. The molecule has 1 heterocycles. The van der Waals surface area contributed by atoms with Gasteiger partial charge in [-0.15, -0.1) is 11.3 Å². The summed E-state index contributed by atoms with van der Waals surface area (Å²) >= 11 is 1.13. The largest absolute Gasteiger partial charge is 0.477 e. The van der Waals surface area contributed by atoms with E-state index in [1.807, 2.05) is 0 Å². The quantitative estimate of drug-likeness (QED) is 0.852. The SMILES string of the molecule is CCOP(C)(=O)C(=O)c1ccc2sc(C(=O)O)cc2c1. The van der Waals surface area contributed by atoms with E-state index in [4.69, 9.17) is 9.63 Å². The van der Waals surface area contributed by atoms with Crippen LogP contribution < -0.4 is 0 Å². The first-order chi connectivity index (χ1) is 9.35. The summed E-state index contributed by atoms with van der Waals surface area (Å²) in [5.74, 6) is -1.01. The van der Waals surface area contributed by atoms with Gasteiger partial charge in [-0.3, -0.25) is 9.36 Å². The fourth-order valence-corrected chi connectivity index (χ4v) is 3.92. The van der Waals surface area contributed by atoms with Gasteiger partial charge in [0.05, 0.1) is 6.61 Å². The van der Waals surface area contributed by atoms with E-state index < -0.39 is 18.9 Å². The Bertz CT molecular complexity index is 733. The van der Waals surface area contributed by atoms with E-state index in [2.05, 4.69) is 0 Å². The molecule has 0 radical (unpaired) electrons. The zero-order valence-corrected chi connectivity index (χ0v) is 12.7. The van der Waals surface area contributed by atoms with Crippen LogP contribution in [0.4, 0.5) is 0 Å². The minimum atomic E-state index is -3.35. The molecule has 1 atom stereocenters. The second-order valence-corrected chi connectivity index (χ2v) is 7.68. The van der Waals surface area contributed by atoms with E-state index in [9.17, 15) is 14.2 Å². The van der Waals surface area contributed by atoms with E-state index in [0.717, 1.165) is 16.0 Å². The Morgan fingerprint density at radius 1 is 1.35 bits per heavy atom. The van der Waals surface area contributed by atoms with Crippen LogP contribution in [-0.4, -0.2) is 29.9 Å². The summed E-state index contributed by atoms with van der Waals surface area (Å²) in [5.41, 5.74) is -0.282. The van der Waals surface area contributed by atoms with Gasteiger partial charge in [0.1, 0.15) is 4.88 Å². The first-order valence-electron chi connectivity index (χ1n) is 5.89. The minimum absolute atomic E-state index is 0.198. The molecular formula is C13H13O5PS. The Hall–Kier alpha value is -1.49. The lowest BCUT2D eigenvalue weighted by Gasteiger charge is -2.10. The van der Waals surface area contributed by atoms with Gasteiger partial charge in [-0.05, 0) is 36.6 Å². The summed E-state index contributed by atoms with van der Waals surface area (Å²) in [7, 11) is -3.35. The molecule has 1 aromatic heterocycles. The number of carboxylic acids is 1. The molecule has 0 fully saturated rings. The second-order valence-electron chi connectivity index (χ2n) is 4.24. The van der Waals surface area contributed by atoms with Crippen molar-refractivity contribution in [1.29, 1.82) is 0 Å². The number of hydrogen-bond donors (Lipinski definition) is 1. The third-order valence-electron chi connectivity index (χ3n) is 2.72. The summed E-state index contributed by atoms with van der Waals surface area (Å²) in [5, 5.41) is 9.59. The summed E-state index contributed by atoms with van der Waals surface area (Å²) in [6.07, 6.45) is 0. The lowest BCUT2D eigenvalue weighted by atomic mass is 10.2. The maximum Gasteiger partial charge on any atom is 0.345 e. The van der Waals surface area contributed by atoms with Crippen molar-refractivity contribution in [1.82, 2.24) is 0 Å². The molecule has 2 rings (SSSR count). The van der Waals surface area contributed by atoms with Crippen molar-refractivity contribution in [2.45, 2.75) is 6.92 Å². The molecule has 0 amide bonds. The van der Waals surface area contributed by atoms with E-state index in [-0.39, 0.29) is 17.0 Å². The van der Waals surface area contributed by atoms with Crippen molar-refractivity contribution in [2.24, 2.45) is 0 Å². The van der Waals surface area contributed by atoms with Crippen LogP contribution in [0, 0.1) is 0 Å². The van der Waals surface area contributed by atoms with Crippen LogP contribution in [0.15, 0.2) is 24.3 Å². The molecule has 0 aliphatic carbocycles. The monoisotopic (exact) mass is 312 g/mol. The summed E-state index contributed by atoms with van der Waals surface area (Å²) < 4.78 is 17.9. The van der Waals surface area contributed by atoms with Gasteiger partial charge in [-0.1, -0.05) is 0 Å². The van der Waals surface area contributed by atoms with Crippen molar-refractivity contribution in [2.75, 3.05) is 13.3 Å². The fourth-order valence-electron chi connectivity index (χ4n) is 1.82. The first kappa shape index (κ1) is 14.9. The van der Waals surface area contributed by atoms with Crippen LogP contribution in [0.1, 0.15) is 27.0 Å². The number of thiophene rings is 1. The highest BCUT2D eigenvalue weighted by molar-refractivity contribution is 7.76. The van der Waals surface area contributed by atoms with E-state index in [1.54, 1.807) is 25.1 Å². The van der Waals surface area contributed by atoms with Gasteiger partial charge >= 0.3 is 5.97 Å². The number of benzene rings is 1. The van der Waals surface area contributed by atoms with Gasteiger partial charge < -0.3 is 9.63 Å². The smallest absolute Gasteiger partial charge is 0.345 e. The van der Waals surface area contributed by atoms with E-state index in [1.165, 1.54) is 12.7 Å². The fraction of sp³-hybridized carbons (Fsp3) is 0.231. The van der Waals surface area contributed by atoms with Crippen LogP contribution >= 0.6 is 18.7 Å². The van der Waals surface area contributed by atoms with Gasteiger partial charge in [0, 0.05) is 16.9 Å². The molecule has 1 unspecified atom stereocenters. The highest BCUT2D eigenvalue weighted by Crippen LogP contribution is 2.46. The maximum absolute atomic E-state index is 12.1. The predicted octanol–water partition coefficient (Wildman–Crippen LogP) is 3.68. The predicted molar refractivity (Wildman–Crippen MR) is 78.3 cm³/mol. The molecule has 20 heavy (non-hydrogen) atoms. The highest BCUT2D eigenvalue weighted by atomic mass is 32.1. The average Bonchev–Trinajstić information content (AvgIpc) is 2.80. The molecule has 0 saturated heterocycles. The van der Waals surface area contributed by atoms with Crippen molar-refractivity contribution in [3.63, 3.8) is 0 Å². The number of carbonyl (C=O) groups is 2.